The molecule has 0 aliphatic carbocycles. The van der Waals surface area contributed by atoms with Gasteiger partial charge in [0.25, 0.3) is 0 Å². The van der Waals surface area contributed by atoms with Crippen molar-refractivity contribution in [2.24, 2.45) is 11.1 Å². The van der Waals surface area contributed by atoms with Crippen molar-refractivity contribution in [3.8, 4) is 0 Å². The number of nitrogens with two attached hydrogens (primary N) is 1. The first-order valence-electron chi connectivity index (χ1n) is 5.44. The Bertz CT molecular complexity index is 299. The van der Waals surface area contributed by atoms with Crippen LogP contribution in [0.25, 0.3) is 0 Å². The molecule has 0 bridgehead atoms. The number of rotatable bonds is 7. The molecule has 0 saturated carbocycles. The minimum Gasteiger partial charge on any atom is -0.329 e. The van der Waals surface area contributed by atoms with Gasteiger partial charge in [0.2, 0.25) is 10.0 Å². The van der Waals surface area contributed by atoms with Crippen molar-refractivity contribution < 1.29 is 8.42 Å². The summed E-state index contributed by atoms with van der Waals surface area (Å²) < 4.78 is 26.0. The Morgan fingerprint density at radius 3 is 2.25 bits per heavy atom. The van der Waals surface area contributed by atoms with E-state index >= 15 is 0 Å². The third kappa shape index (κ3) is 5.79. The molecule has 0 aliphatic rings. The van der Waals surface area contributed by atoms with Crippen LogP contribution < -0.4 is 10.5 Å². The molecule has 0 spiro atoms. The van der Waals surface area contributed by atoms with Crippen molar-refractivity contribution in [2.45, 2.75) is 26.0 Å². The molecule has 0 amide bonds. The van der Waals surface area contributed by atoms with Gasteiger partial charge >= 0.3 is 0 Å². The highest BCUT2D eigenvalue weighted by Gasteiger charge is 2.24. The van der Waals surface area contributed by atoms with E-state index in [9.17, 15) is 8.42 Å². The normalized spacial score (nSPS) is 15.4. The lowest BCUT2D eigenvalue weighted by molar-refractivity contribution is 0.242. The third-order valence-electron chi connectivity index (χ3n) is 2.36. The van der Waals surface area contributed by atoms with E-state index in [1.807, 2.05) is 32.8 Å². The van der Waals surface area contributed by atoms with Gasteiger partial charge in [-0.05, 0) is 26.4 Å². The van der Waals surface area contributed by atoms with Gasteiger partial charge in [0.05, 0.1) is 5.25 Å². The summed E-state index contributed by atoms with van der Waals surface area (Å²) in [5.41, 5.74) is 5.26. The van der Waals surface area contributed by atoms with E-state index in [0.29, 0.717) is 6.54 Å². The molecule has 6 heteroatoms. The summed E-state index contributed by atoms with van der Waals surface area (Å²) in [5, 5.41) is -0.539. The highest BCUT2D eigenvalue weighted by molar-refractivity contribution is 7.90. The molecular weight excluding hydrogens is 226 g/mol. The number of nitrogens with zero attached hydrogens (tertiary/aromatic N) is 1. The van der Waals surface area contributed by atoms with Gasteiger partial charge in [0, 0.05) is 19.6 Å². The van der Waals surface area contributed by atoms with Crippen molar-refractivity contribution in [1.82, 2.24) is 9.62 Å². The molecule has 0 aromatic carbocycles. The van der Waals surface area contributed by atoms with Gasteiger partial charge in [-0.25, -0.2) is 13.1 Å². The number of hydrogen-bond donors (Lipinski definition) is 2. The molecule has 0 rings (SSSR count). The minimum atomic E-state index is -3.27. The van der Waals surface area contributed by atoms with E-state index in [1.54, 1.807) is 6.92 Å². The van der Waals surface area contributed by atoms with E-state index in [1.165, 1.54) is 0 Å². The van der Waals surface area contributed by atoms with E-state index in [0.717, 1.165) is 6.54 Å². The maximum absolute atomic E-state index is 11.7. The first-order valence-corrected chi connectivity index (χ1v) is 6.98. The van der Waals surface area contributed by atoms with Gasteiger partial charge in [-0.2, -0.15) is 0 Å². The average Bonchev–Trinajstić information content (AvgIpc) is 2.12. The average molecular weight is 251 g/mol. The largest absolute Gasteiger partial charge is 0.329 e. The zero-order valence-corrected chi connectivity index (χ0v) is 11.8. The van der Waals surface area contributed by atoms with Crippen LogP contribution >= 0.6 is 0 Å². The van der Waals surface area contributed by atoms with Crippen LogP contribution in [0.1, 0.15) is 20.8 Å². The van der Waals surface area contributed by atoms with Crippen LogP contribution in [-0.4, -0.2) is 52.3 Å². The lowest BCUT2D eigenvalue weighted by atomic mass is 9.93. The van der Waals surface area contributed by atoms with Gasteiger partial charge in [0.15, 0.2) is 0 Å². The Morgan fingerprint density at radius 2 is 1.88 bits per heavy atom. The fourth-order valence-electron chi connectivity index (χ4n) is 1.48. The van der Waals surface area contributed by atoms with E-state index in [4.69, 9.17) is 5.73 Å². The van der Waals surface area contributed by atoms with E-state index < -0.39 is 15.3 Å². The fourth-order valence-corrected chi connectivity index (χ4v) is 2.61. The monoisotopic (exact) mass is 251 g/mol. The minimum absolute atomic E-state index is 0.0924. The van der Waals surface area contributed by atoms with Crippen molar-refractivity contribution in [2.75, 3.05) is 33.7 Å². The molecule has 5 nitrogen and oxygen atoms in total. The summed E-state index contributed by atoms with van der Waals surface area (Å²) in [7, 11) is 0.669. The molecular formula is C10H25N3O2S. The van der Waals surface area contributed by atoms with Crippen LogP contribution in [0.15, 0.2) is 0 Å². The lowest BCUT2D eigenvalue weighted by Crippen LogP contribution is -2.44. The van der Waals surface area contributed by atoms with Gasteiger partial charge in [-0.1, -0.05) is 13.8 Å². The molecule has 0 radical (unpaired) electrons. The Hall–Kier alpha value is -0.170. The van der Waals surface area contributed by atoms with Crippen LogP contribution in [0.4, 0.5) is 0 Å². The molecule has 98 valence electrons. The summed E-state index contributed by atoms with van der Waals surface area (Å²) in [5.74, 6) is 0. The van der Waals surface area contributed by atoms with Crippen LogP contribution in [0.3, 0.4) is 0 Å². The Morgan fingerprint density at radius 1 is 1.38 bits per heavy atom. The molecule has 3 N–H and O–H groups in total. The van der Waals surface area contributed by atoms with Gasteiger partial charge in [0.1, 0.15) is 0 Å². The second-order valence-electron chi connectivity index (χ2n) is 5.31. The summed E-state index contributed by atoms with van der Waals surface area (Å²) in [6.07, 6.45) is 0. The Balaban J connectivity index is 4.34. The SMILES string of the molecule is CC(CN)S(=O)(=O)NCC(C)(C)CN(C)C. The van der Waals surface area contributed by atoms with Crippen molar-refractivity contribution in [3.63, 3.8) is 0 Å². The molecule has 0 heterocycles. The van der Waals surface area contributed by atoms with E-state index in [-0.39, 0.29) is 12.0 Å². The standard InChI is InChI=1S/C10H25N3O2S/c1-9(6-11)16(14,15)12-7-10(2,3)8-13(4)5/h9,12H,6-8,11H2,1-5H3. The smallest absolute Gasteiger partial charge is 0.215 e. The Kier molecular flexibility index (Phi) is 5.89. The highest BCUT2D eigenvalue weighted by Crippen LogP contribution is 2.15. The first-order chi connectivity index (χ1) is 7.10. The van der Waals surface area contributed by atoms with Crippen LogP contribution in [0, 0.1) is 5.41 Å². The highest BCUT2D eigenvalue weighted by atomic mass is 32.2. The predicted octanol–water partition coefficient (Wildman–Crippen LogP) is -0.159. The van der Waals surface area contributed by atoms with Crippen molar-refractivity contribution >= 4 is 10.0 Å². The van der Waals surface area contributed by atoms with Gasteiger partial charge in [-0.15, -0.1) is 0 Å². The summed E-state index contributed by atoms with van der Waals surface area (Å²) in [6, 6.07) is 0. The molecule has 1 unspecified atom stereocenters. The summed E-state index contributed by atoms with van der Waals surface area (Å²) in [6.45, 7) is 7.07. The molecule has 0 aromatic rings. The predicted molar refractivity (Wildman–Crippen MR) is 67.8 cm³/mol. The van der Waals surface area contributed by atoms with Crippen molar-refractivity contribution in [3.05, 3.63) is 0 Å². The molecule has 1 atom stereocenters. The van der Waals surface area contributed by atoms with Crippen LogP contribution in [0.5, 0.6) is 0 Å². The van der Waals surface area contributed by atoms with Gasteiger partial charge in [-0.3, -0.25) is 0 Å². The number of hydrogen-bond acceptors (Lipinski definition) is 4. The number of sulfonamides is 1. The maximum Gasteiger partial charge on any atom is 0.215 e. The number of nitrogens with one attached hydrogen (secondary N) is 1. The quantitative estimate of drug-likeness (QED) is 0.659. The molecule has 0 aromatic heterocycles. The maximum atomic E-state index is 11.7. The summed E-state index contributed by atoms with van der Waals surface area (Å²) in [4.78, 5) is 2.04. The molecule has 0 saturated heterocycles. The molecule has 0 fully saturated rings. The Labute approximate surface area is 99.4 Å². The zero-order valence-electron chi connectivity index (χ0n) is 10.9. The fraction of sp³-hybridized carbons (Fsp3) is 1.00. The topological polar surface area (TPSA) is 75.4 Å². The zero-order chi connectivity index (χ0) is 13.0. The van der Waals surface area contributed by atoms with Gasteiger partial charge < -0.3 is 10.6 Å². The third-order valence-corrected chi connectivity index (χ3v) is 4.16. The van der Waals surface area contributed by atoms with E-state index in [2.05, 4.69) is 4.72 Å². The molecule has 16 heavy (non-hydrogen) atoms. The second-order valence-corrected chi connectivity index (χ2v) is 7.50. The summed E-state index contributed by atoms with van der Waals surface area (Å²) >= 11 is 0. The van der Waals surface area contributed by atoms with Crippen molar-refractivity contribution in [1.29, 1.82) is 0 Å². The van der Waals surface area contributed by atoms with Crippen LogP contribution in [-0.2, 0) is 10.0 Å². The first kappa shape index (κ1) is 15.8. The van der Waals surface area contributed by atoms with Crippen LogP contribution in [0.2, 0.25) is 0 Å². The lowest BCUT2D eigenvalue weighted by Gasteiger charge is -2.28. The molecule has 0 aliphatic heterocycles. The second kappa shape index (κ2) is 5.95.